The number of aryl methyl sites for hydroxylation is 2. The van der Waals surface area contributed by atoms with E-state index in [9.17, 15) is 9.90 Å². The summed E-state index contributed by atoms with van der Waals surface area (Å²) >= 11 is 0. The topological polar surface area (TPSA) is 106 Å². The molecule has 2 heterocycles. The highest BCUT2D eigenvalue weighted by molar-refractivity contribution is 6.05. The minimum absolute atomic E-state index is 0.0854. The average molecular weight is 488 g/mol. The van der Waals surface area contributed by atoms with Gasteiger partial charge in [0.1, 0.15) is 22.7 Å². The fourth-order valence-electron chi connectivity index (χ4n) is 3.81. The summed E-state index contributed by atoms with van der Waals surface area (Å²) in [5, 5.41) is 13.4. The second-order valence-corrected chi connectivity index (χ2v) is 8.17. The number of rotatable bonds is 8. The Hall–Kier alpha value is -4.17. The van der Waals surface area contributed by atoms with Crippen molar-refractivity contribution in [3.05, 3.63) is 82.7 Å². The number of hydrogen-bond acceptors (Lipinski definition) is 7. The zero-order chi connectivity index (χ0) is 25.7. The van der Waals surface area contributed by atoms with Crippen LogP contribution in [0.25, 0.3) is 11.0 Å². The van der Waals surface area contributed by atoms with E-state index in [1.54, 1.807) is 37.4 Å². The number of aliphatic hydroxyl groups excluding tert-OH is 1. The highest BCUT2D eigenvalue weighted by Gasteiger charge is 2.17. The molecular formula is C28H29N3O5. The van der Waals surface area contributed by atoms with Crippen LogP contribution >= 0.6 is 0 Å². The van der Waals surface area contributed by atoms with Gasteiger partial charge in [-0.15, -0.1) is 0 Å². The van der Waals surface area contributed by atoms with E-state index in [1.807, 2.05) is 45.0 Å². The van der Waals surface area contributed by atoms with Gasteiger partial charge in [-0.05, 0) is 63.6 Å². The lowest BCUT2D eigenvalue weighted by Crippen LogP contribution is -2.22. The van der Waals surface area contributed by atoms with Crippen LogP contribution < -0.4 is 20.3 Å². The second-order valence-electron chi connectivity index (χ2n) is 8.17. The van der Waals surface area contributed by atoms with Gasteiger partial charge in [-0.2, -0.15) is 0 Å². The van der Waals surface area contributed by atoms with Crippen molar-refractivity contribution in [3.63, 3.8) is 0 Å². The van der Waals surface area contributed by atoms with E-state index in [2.05, 4.69) is 10.3 Å². The summed E-state index contributed by atoms with van der Waals surface area (Å²) in [4.78, 5) is 22.5. The van der Waals surface area contributed by atoms with Crippen LogP contribution in [-0.4, -0.2) is 29.2 Å². The summed E-state index contributed by atoms with van der Waals surface area (Å²) in [6.45, 7) is 8.21. The second kappa shape index (κ2) is 11.0. The van der Waals surface area contributed by atoms with Crippen LogP contribution in [-0.2, 0) is 6.61 Å². The number of anilines is 1. The van der Waals surface area contributed by atoms with Gasteiger partial charge >= 0.3 is 0 Å². The largest absolute Gasteiger partial charge is 0.494 e. The van der Waals surface area contributed by atoms with Gasteiger partial charge in [-0.1, -0.05) is 12.1 Å². The van der Waals surface area contributed by atoms with Crippen LogP contribution in [0.1, 0.15) is 41.0 Å². The molecule has 186 valence electrons. The van der Waals surface area contributed by atoms with E-state index >= 15 is 0 Å². The monoisotopic (exact) mass is 487 g/mol. The number of carbonyl (C=O) groups excluding carboxylic acids is 1. The molecule has 4 aromatic rings. The molecule has 0 fully saturated rings. The van der Waals surface area contributed by atoms with E-state index in [4.69, 9.17) is 18.9 Å². The summed E-state index contributed by atoms with van der Waals surface area (Å²) in [7, 11) is 0. The standard InChI is InChI=1S/C28H29N3O5/c1-5-34-21-10-11-25(35-6-2)24(13-21)31-28-23(27(33)30-20-9-7-8-17(3)12-20)14-22-19(16-32)15-29-18(4)26(22)36-28/h7-15,32H,5-6,16H2,1-4H3,(H,30,33). The molecular weight excluding hydrogens is 458 g/mol. The van der Waals surface area contributed by atoms with Crippen LogP contribution in [0.4, 0.5) is 11.4 Å². The first-order valence-electron chi connectivity index (χ1n) is 11.8. The number of aliphatic hydroxyl groups is 1. The first kappa shape index (κ1) is 24.9. The summed E-state index contributed by atoms with van der Waals surface area (Å²) in [6, 6.07) is 14.5. The van der Waals surface area contributed by atoms with E-state index in [-0.39, 0.29) is 17.7 Å². The van der Waals surface area contributed by atoms with Gasteiger partial charge in [-0.3, -0.25) is 9.78 Å². The predicted octanol–water partition coefficient (Wildman–Crippen LogP) is 5.22. The molecule has 0 radical (unpaired) electrons. The molecule has 0 spiro atoms. The lowest BCUT2D eigenvalue weighted by molar-refractivity contribution is 0.102. The molecule has 36 heavy (non-hydrogen) atoms. The van der Waals surface area contributed by atoms with Crippen LogP contribution in [0.15, 0.2) is 64.1 Å². The molecule has 0 aliphatic heterocycles. The predicted molar refractivity (Wildman–Crippen MR) is 138 cm³/mol. The molecule has 0 atom stereocenters. The van der Waals surface area contributed by atoms with Crippen molar-refractivity contribution in [2.75, 3.05) is 18.5 Å². The maximum atomic E-state index is 13.5. The average Bonchev–Trinajstić information content (AvgIpc) is 2.86. The Balaban J connectivity index is 1.95. The van der Waals surface area contributed by atoms with Gasteiger partial charge in [0.2, 0.25) is 5.55 Å². The lowest BCUT2D eigenvalue weighted by Gasteiger charge is -2.12. The van der Waals surface area contributed by atoms with Crippen molar-refractivity contribution in [2.45, 2.75) is 34.3 Å². The number of carbonyl (C=O) groups is 1. The van der Waals surface area contributed by atoms with Crippen LogP contribution in [0, 0.1) is 13.8 Å². The number of nitrogens with one attached hydrogen (secondary N) is 1. The van der Waals surface area contributed by atoms with E-state index in [0.717, 1.165) is 5.56 Å². The van der Waals surface area contributed by atoms with Crippen molar-refractivity contribution < 1.29 is 23.8 Å². The van der Waals surface area contributed by atoms with Gasteiger partial charge in [-0.25, -0.2) is 4.99 Å². The summed E-state index contributed by atoms with van der Waals surface area (Å²) < 4.78 is 17.6. The highest BCUT2D eigenvalue weighted by atomic mass is 16.5. The molecule has 0 unspecified atom stereocenters. The third kappa shape index (κ3) is 5.39. The third-order valence-corrected chi connectivity index (χ3v) is 5.51. The summed E-state index contributed by atoms with van der Waals surface area (Å²) in [5.41, 5.74) is 4.00. The van der Waals surface area contributed by atoms with E-state index < -0.39 is 5.91 Å². The van der Waals surface area contributed by atoms with Gasteiger partial charge in [0, 0.05) is 28.9 Å². The van der Waals surface area contributed by atoms with Gasteiger partial charge < -0.3 is 24.3 Å². The van der Waals surface area contributed by atoms with Crippen LogP contribution in [0.5, 0.6) is 11.5 Å². The maximum Gasteiger partial charge on any atom is 0.261 e. The molecule has 8 nitrogen and oxygen atoms in total. The molecule has 2 aromatic heterocycles. The fraction of sp³-hybridized carbons (Fsp3) is 0.250. The van der Waals surface area contributed by atoms with Gasteiger partial charge in [0.05, 0.1) is 25.5 Å². The first-order chi connectivity index (χ1) is 17.4. The highest BCUT2D eigenvalue weighted by Crippen LogP contribution is 2.32. The molecule has 0 aliphatic rings. The lowest BCUT2D eigenvalue weighted by atomic mass is 10.1. The van der Waals surface area contributed by atoms with Crippen LogP contribution in [0.2, 0.25) is 0 Å². The van der Waals surface area contributed by atoms with Crippen molar-refractivity contribution in [1.29, 1.82) is 0 Å². The van der Waals surface area contributed by atoms with Crippen LogP contribution in [0.3, 0.4) is 0 Å². The number of amides is 1. The molecule has 8 heteroatoms. The molecule has 1 amide bonds. The number of benzene rings is 2. The molecule has 0 saturated heterocycles. The SMILES string of the molecule is CCOc1ccc(OCC)c(N=c2oc3c(C)ncc(CO)c3cc2C(=O)Nc2cccc(C)c2)c1. The number of ether oxygens (including phenoxy) is 2. The summed E-state index contributed by atoms with van der Waals surface area (Å²) in [5.74, 6) is 0.745. The molecule has 2 aromatic carbocycles. The van der Waals surface area contributed by atoms with Crippen molar-refractivity contribution in [1.82, 2.24) is 4.98 Å². The number of aromatic nitrogens is 1. The number of hydrogen-bond donors (Lipinski definition) is 2. The Labute approximate surface area is 209 Å². The quantitative estimate of drug-likeness (QED) is 0.353. The third-order valence-electron chi connectivity index (χ3n) is 5.51. The van der Waals surface area contributed by atoms with Gasteiger partial charge in [0.25, 0.3) is 5.91 Å². The fourth-order valence-corrected chi connectivity index (χ4v) is 3.81. The number of fused-ring (bicyclic) bond motifs is 1. The van der Waals surface area contributed by atoms with E-state index in [1.165, 1.54) is 0 Å². The van der Waals surface area contributed by atoms with Gasteiger partial charge in [0.15, 0.2) is 5.58 Å². The van der Waals surface area contributed by atoms with Crippen molar-refractivity contribution in [3.8, 4) is 11.5 Å². The Morgan fingerprint density at radius 2 is 1.89 bits per heavy atom. The molecule has 0 aliphatic carbocycles. The Kier molecular flexibility index (Phi) is 7.65. The minimum Gasteiger partial charge on any atom is -0.494 e. The van der Waals surface area contributed by atoms with E-state index in [0.29, 0.717) is 58.3 Å². The normalized spacial score (nSPS) is 11.5. The van der Waals surface area contributed by atoms with Crippen molar-refractivity contribution >= 4 is 28.3 Å². The molecule has 0 bridgehead atoms. The zero-order valence-electron chi connectivity index (χ0n) is 20.8. The minimum atomic E-state index is -0.401. The Bertz CT molecular complexity index is 1480. The van der Waals surface area contributed by atoms with Crippen molar-refractivity contribution in [2.24, 2.45) is 4.99 Å². The number of nitrogens with zero attached hydrogens (tertiary/aromatic N) is 2. The molecule has 4 rings (SSSR count). The Morgan fingerprint density at radius 3 is 2.61 bits per heavy atom. The zero-order valence-corrected chi connectivity index (χ0v) is 20.8. The molecule has 2 N–H and O–H groups in total. The first-order valence-corrected chi connectivity index (χ1v) is 11.8. The Morgan fingerprint density at radius 1 is 1.08 bits per heavy atom. The smallest absolute Gasteiger partial charge is 0.261 e. The summed E-state index contributed by atoms with van der Waals surface area (Å²) in [6.07, 6.45) is 1.57. The maximum absolute atomic E-state index is 13.5. The molecule has 0 saturated carbocycles. The number of pyridine rings is 1.